The van der Waals surface area contributed by atoms with Crippen molar-refractivity contribution in [1.82, 2.24) is 10.3 Å². The molecule has 1 amide bonds. The fraction of sp³-hybridized carbons (Fsp3) is 0.450. The van der Waals surface area contributed by atoms with Crippen molar-refractivity contribution in [2.24, 2.45) is 0 Å². The molecule has 2 N–H and O–H groups in total. The molecule has 0 aliphatic carbocycles. The average molecular weight is 428 g/mol. The zero-order valence-electron chi connectivity index (χ0n) is 17.0. The number of halogens is 3. The van der Waals surface area contributed by atoms with Crippen molar-refractivity contribution in [2.75, 3.05) is 6.61 Å². The van der Waals surface area contributed by atoms with Gasteiger partial charge in [-0.2, -0.15) is 13.2 Å². The Morgan fingerprint density at radius 3 is 2.40 bits per heavy atom. The number of hydrogen-bond donors (Lipinski definition) is 2. The second-order valence-corrected chi connectivity index (χ2v) is 7.56. The maximum absolute atomic E-state index is 12.7. The molecule has 0 aliphatic heterocycles. The zero-order chi connectivity index (χ0) is 22.7. The van der Waals surface area contributed by atoms with E-state index >= 15 is 0 Å². The molecule has 1 unspecified atom stereocenters. The number of benzene rings is 1. The largest absolute Gasteiger partial charge is 0.471 e. The van der Waals surface area contributed by atoms with Crippen molar-refractivity contribution in [1.29, 1.82) is 0 Å². The van der Waals surface area contributed by atoms with Gasteiger partial charge in [0.1, 0.15) is 11.6 Å². The minimum Gasteiger partial charge on any atom is -0.462 e. The Morgan fingerprint density at radius 1 is 1.17 bits per heavy atom. The molecule has 30 heavy (non-hydrogen) atoms. The van der Waals surface area contributed by atoms with Gasteiger partial charge in [0.05, 0.1) is 12.2 Å². The molecule has 0 aliphatic rings. The van der Waals surface area contributed by atoms with Crippen molar-refractivity contribution >= 4 is 28.7 Å². The van der Waals surface area contributed by atoms with Crippen LogP contribution in [-0.4, -0.2) is 47.3 Å². The highest BCUT2D eigenvalue weighted by Gasteiger charge is 2.41. The number of fused-ring (bicyclic) bond motifs is 1. The maximum atomic E-state index is 12.7. The van der Waals surface area contributed by atoms with Gasteiger partial charge in [-0.3, -0.25) is 4.79 Å². The van der Waals surface area contributed by atoms with Gasteiger partial charge in [0.25, 0.3) is 0 Å². The second kappa shape index (κ2) is 8.76. The molecule has 0 bridgehead atoms. The lowest BCUT2D eigenvalue weighted by Crippen LogP contribution is -2.49. The Hall–Kier alpha value is -3.04. The molecule has 1 heterocycles. The summed E-state index contributed by atoms with van der Waals surface area (Å²) < 4.78 is 48.3. The molecule has 2 aromatic rings. The van der Waals surface area contributed by atoms with Crippen LogP contribution in [-0.2, 0) is 25.5 Å². The van der Waals surface area contributed by atoms with Gasteiger partial charge in [0.2, 0.25) is 0 Å². The summed E-state index contributed by atoms with van der Waals surface area (Å²) >= 11 is 0. The summed E-state index contributed by atoms with van der Waals surface area (Å²) in [5.74, 6) is -3.80. The van der Waals surface area contributed by atoms with Crippen LogP contribution in [0.3, 0.4) is 0 Å². The zero-order valence-corrected chi connectivity index (χ0v) is 17.0. The molecule has 0 spiro atoms. The molecular weight excluding hydrogens is 405 g/mol. The number of aromatic nitrogens is 1. The summed E-state index contributed by atoms with van der Waals surface area (Å²) in [5.41, 5.74) is 0.311. The van der Waals surface area contributed by atoms with Gasteiger partial charge in [-0.15, -0.1) is 0 Å². The van der Waals surface area contributed by atoms with Gasteiger partial charge in [-0.25, -0.2) is 9.59 Å². The molecule has 0 saturated carbocycles. The Balaban J connectivity index is 2.37. The summed E-state index contributed by atoms with van der Waals surface area (Å²) in [6.07, 6.45) is -3.93. The van der Waals surface area contributed by atoms with E-state index < -0.39 is 35.7 Å². The van der Waals surface area contributed by atoms with Crippen LogP contribution in [0, 0.1) is 0 Å². The summed E-state index contributed by atoms with van der Waals surface area (Å²) in [6.45, 7) is 6.52. The SMILES string of the molecule is CCOC(=O)c1ccc2[nH]cc(CC(NC(=O)C(F)(F)F)C(=O)OC(C)(C)C)c2c1. The van der Waals surface area contributed by atoms with Crippen LogP contribution >= 0.6 is 0 Å². The van der Waals surface area contributed by atoms with E-state index in [1.165, 1.54) is 18.3 Å². The molecule has 164 valence electrons. The summed E-state index contributed by atoms with van der Waals surface area (Å²) in [6, 6.07) is 3.08. The molecule has 1 aromatic heterocycles. The van der Waals surface area contributed by atoms with Gasteiger partial charge in [0, 0.05) is 23.5 Å². The highest BCUT2D eigenvalue weighted by molar-refractivity contribution is 5.96. The summed E-state index contributed by atoms with van der Waals surface area (Å²) in [4.78, 5) is 38.8. The molecular formula is C20H23F3N2O5. The van der Waals surface area contributed by atoms with Gasteiger partial charge < -0.3 is 19.8 Å². The molecule has 10 heteroatoms. The number of rotatable bonds is 6. The van der Waals surface area contributed by atoms with Crippen LogP contribution < -0.4 is 5.32 Å². The van der Waals surface area contributed by atoms with Crippen LogP contribution in [0.25, 0.3) is 10.9 Å². The second-order valence-electron chi connectivity index (χ2n) is 7.56. The lowest BCUT2D eigenvalue weighted by Gasteiger charge is -2.24. The number of H-pyrrole nitrogens is 1. The first-order chi connectivity index (χ1) is 13.8. The van der Waals surface area contributed by atoms with Crippen LogP contribution in [0.4, 0.5) is 13.2 Å². The van der Waals surface area contributed by atoms with E-state index in [0.717, 1.165) is 0 Å². The van der Waals surface area contributed by atoms with E-state index in [1.54, 1.807) is 39.1 Å². The number of nitrogens with one attached hydrogen (secondary N) is 2. The predicted molar refractivity (Wildman–Crippen MR) is 102 cm³/mol. The molecule has 0 radical (unpaired) electrons. The third kappa shape index (κ3) is 5.98. The number of amides is 1. The summed E-state index contributed by atoms with van der Waals surface area (Å²) in [7, 11) is 0. The molecule has 1 aromatic carbocycles. The van der Waals surface area contributed by atoms with E-state index in [9.17, 15) is 27.6 Å². The highest BCUT2D eigenvalue weighted by atomic mass is 19.4. The number of carbonyl (C=O) groups excluding carboxylic acids is 3. The molecule has 0 saturated heterocycles. The van der Waals surface area contributed by atoms with Gasteiger partial charge in [-0.05, 0) is 51.5 Å². The van der Waals surface area contributed by atoms with E-state index in [2.05, 4.69) is 4.98 Å². The van der Waals surface area contributed by atoms with Gasteiger partial charge >= 0.3 is 24.0 Å². The van der Waals surface area contributed by atoms with Crippen LogP contribution in [0.5, 0.6) is 0 Å². The first kappa shape index (κ1) is 23.2. The lowest BCUT2D eigenvalue weighted by atomic mass is 10.0. The molecule has 7 nitrogen and oxygen atoms in total. The van der Waals surface area contributed by atoms with Crippen molar-refractivity contribution < 1.29 is 37.0 Å². The van der Waals surface area contributed by atoms with Crippen LogP contribution in [0.15, 0.2) is 24.4 Å². The maximum Gasteiger partial charge on any atom is 0.471 e. The van der Waals surface area contributed by atoms with Crippen LogP contribution in [0.1, 0.15) is 43.6 Å². The number of aromatic amines is 1. The van der Waals surface area contributed by atoms with E-state index in [4.69, 9.17) is 9.47 Å². The highest BCUT2D eigenvalue weighted by Crippen LogP contribution is 2.23. The minimum absolute atomic E-state index is 0.182. The fourth-order valence-electron chi connectivity index (χ4n) is 2.71. The van der Waals surface area contributed by atoms with Crippen molar-refractivity contribution in [3.8, 4) is 0 Å². The topological polar surface area (TPSA) is 97.5 Å². The number of esters is 2. The van der Waals surface area contributed by atoms with Gasteiger partial charge in [-0.1, -0.05) is 0 Å². The third-order valence-corrected chi connectivity index (χ3v) is 3.96. The molecule has 0 fully saturated rings. The Bertz CT molecular complexity index is 944. The van der Waals surface area contributed by atoms with Crippen molar-refractivity contribution in [3.05, 3.63) is 35.5 Å². The van der Waals surface area contributed by atoms with Gasteiger partial charge in [0.15, 0.2) is 0 Å². The Labute approximate surface area is 170 Å². The van der Waals surface area contributed by atoms with Crippen LogP contribution in [0.2, 0.25) is 0 Å². The monoisotopic (exact) mass is 428 g/mol. The summed E-state index contributed by atoms with van der Waals surface area (Å²) in [5, 5.41) is 2.21. The van der Waals surface area contributed by atoms with Crippen molar-refractivity contribution in [3.63, 3.8) is 0 Å². The third-order valence-electron chi connectivity index (χ3n) is 3.96. The van der Waals surface area contributed by atoms with E-state index in [-0.39, 0.29) is 18.6 Å². The number of alkyl halides is 3. The quantitative estimate of drug-likeness (QED) is 0.689. The number of hydrogen-bond acceptors (Lipinski definition) is 5. The standard InChI is InChI=1S/C20H23F3N2O5/c1-5-29-16(26)11-6-7-14-13(8-11)12(10-24-14)9-15(17(27)30-19(2,3)4)25-18(28)20(21,22)23/h6-8,10,15,24H,5,9H2,1-4H3,(H,25,28). The minimum atomic E-state index is -5.16. The number of ether oxygens (including phenoxy) is 2. The molecule has 2 rings (SSSR count). The van der Waals surface area contributed by atoms with E-state index in [1.807, 2.05) is 0 Å². The van der Waals surface area contributed by atoms with E-state index in [0.29, 0.717) is 16.5 Å². The smallest absolute Gasteiger partial charge is 0.462 e. The Morgan fingerprint density at radius 2 is 1.83 bits per heavy atom. The number of carbonyl (C=O) groups is 3. The predicted octanol–water partition coefficient (Wildman–Crippen LogP) is 3.28. The first-order valence-corrected chi connectivity index (χ1v) is 9.19. The average Bonchev–Trinajstić information content (AvgIpc) is 3.01. The normalized spacial score (nSPS) is 13.0. The molecule has 1 atom stereocenters. The lowest BCUT2D eigenvalue weighted by molar-refractivity contribution is -0.177. The fourth-order valence-corrected chi connectivity index (χ4v) is 2.71. The Kier molecular flexibility index (Phi) is 6.79. The first-order valence-electron chi connectivity index (χ1n) is 9.19. The van der Waals surface area contributed by atoms with Crippen molar-refractivity contribution in [2.45, 2.75) is 51.9 Å².